The minimum Gasteiger partial charge on any atom is -0.166 e. The van der Waals surface area contributed by atoms with Gasteiger partial charge in [0, 0.05) is 0 Å². The number of benzene rings is 10. The number of aryl methyl sites for hydroxylation is 10. The van der Waals surface area contributed by atoms with Crippen molar-refractivity contribution in [1.82, 2.24) is 0 Å². The third-order valence-corrected chi connectivity index (χ3v) is 16.1. The lowest BCUT2D eigenvalue weighted by Gasteiger charge is -2.34. The Balaban J connectivity index is 0.000000160. The average molecular weight is 1100 g/mol. The van der Waals surface area contributed by atoms with Gasteiger partial charge in [-0.15, -0.1) is 0 Å². The van der Waals surface area contributed by atoms with Gasteiger partial charge in [-0.1, -0.05) is 266 Å². The fraction of sp³-hybridized carbons (Fsp3) is 0.250. The molecule has 0 saturated carbocycles. The van der Waals surface area contributed by atoms with Gasteiger partial charge in [0.1, 0.15) is 0 Å². The minimum atomic E-state index is -4.21. The Morgan fingerprint density at radius 1 is 0.337 bits per heavy atom. The van der Waals surface area contributed by atoms with E-state index in [0.29, 0.717) is 0 Å². The third-order valence-electron chi connectivity index (χ3n) is 16.1. The Hall–Kier alpha value is -8.01. The van der Waals surface area contributed by atoms with E-state index in [1.165, 1.54) is 138 Å². The molecule has 0 amide bonds. The maximum Gasteiger partial charge on any atom is 0.416 e. The van der Waals surface area contributed by atoms with Crippen LogP contribution in [0.3, 0.4) is 0 Å². The molecule has 0 aliphatic heterocycles. The zero-order chi connectivity index (χ0) is 59.9. The van der Waals surface area contributed by atoms with Crippen LogP contribution in [0.25, 0.3) is 22.3 Å². The van der Waals surface area contributed by atoms with Crippen LogP contribution in [-0.2, 0) is 29.8 Å². The van der Waals surface area contributed by atoms with Crippen molar-refractivity contribution in [2.45, 2.75) is 133 Å². The molecule has 0 spiro atoms. The van der Waals surface area contributed by atoms with Gasteiger partial charge < -0.3 is 0 Å². The predicted molar refractivity (Wildman–Crippen MR) is 349 cm³/mol. The maximum absolute atomic E-state index is 11.9. The van der Waals surface area contributed by atoms with Gasteiger partial charge in [-0.2, -0.15) is 13.2 Å². The zero-order valence-electron chi connectivity index (χ0n) is 51.4. The molecule has 0 atom stereocenters. The summed E-state index contributed by atoms with van der Waals surface area (Å²) < 4.78 is 35.8. The fourth-order valence-electron chi connectivity index (χ4n) is 11.0. The van der Waals surface area contributed by atoms with Gasteiger partial charge in [0.2, 0.25) is 0 Å². The van der Waals surface area contributed by atoms with Crippen LogP contribution in [0.4, 0.5) is 13.2 Å². The molecule has 0 bridgehead atoms. The SMILES string of the molecule is Cc1cc(C)c(C)c(C)c1.Cc1ccc(-c2ccc3c(c2)C(c2ccccc2)(c2ccccc2)c2ccccc2-3)cc1.Cc1ccc(C(C)(C)C)cc1.Cc1ccc(C(F)(F)F)cc1.Cc1ccc(C)cc1.Cc1cccc2c1CCCC2. The summed E-state index contributed by atoms with van der Waals surface area (Å²) in [5.74, 6) is 0. The van der Waals surface area contributed by atoms with E-state index in [1.54, 1.807) is 18.1 Å². The van der Waals surface area contributed by atoms with E-state index in [4.69, 9.17) is 0 Å². The summed E-state index contributed by atoms with van der Waals surface area (Å²) in [6, 6.07) is 80.1. The summed E-state index contributed by atoms with van der Waals surface area (Å²) in [4.78, 5) is 0. The number of halogens is 3. The number of fused-ring (bicyclic) bond motifs is 4. The molecule has 0 radical (unpaired) electrons. The first kappa shape index (κ1) is 62.6. The number of hydrogen-bond acceptors (Lipinski definition) is 0. The van der Waals surface area contributed by atoms with E-state index >= 15 is 0 Å². The molecule has 0 saturated heterocycles. The van der Waals surface area contributed by atoms with Crippen molar-refractivity contribution in [2.24, 2.45) is 0 Å². The second kappa shape index (κ2) is 28.3. The smallest absolute Gasteiger partial charge is 0.166 e. The molecule has 426 valence electrons. The first-order chi connectivity index (χ1) is 39.6. The zero-order valence-corrected chi connectivity index (χ0v) is 51.4. The van der Waals surface area contributed by atoms with Crippen molar-refractivity contribution in [3.05, 3.63) is 331 Å². The predicted octanol–water partition coefficient (Wildman–Crippen LogP) is 22.4. The number of hydrogen-bond donors (Lipinski definition) is 0. The summed E-state index contributed by atoms with van der Waals surface area (Å²) in [6.45, 7) is 27.8. The van der Waals surface area contributed by atoms with Crippen LogP contribution in [0.1, 0.15) is 134 Å². The lowest BCUT2D eigenvalue weighted by molar-refractivity contribution is -0.137. The molecule has 0 aromatic heterocycles. The number of alkyl halides is 3. The van der Waals surface area contributed by atoms with Crippen LogP contribution in [0, 0.1) is 69.2 Å². The first-order valence-electron chi connectivity index (χ1n) is 29.3. The molecule has 10 aromatic rings. The highest BCUT2D eigenvalue weighted by atomic mass is 19.4. The van der Waals surface area contributed by atoms with Crippen LogP contribution in [0.2, 0.25) is 0 Å². The quantitative estimate of drug-likeness (QED) is 0.165. The van der Waals surface area contributed by atoms with Crippen LogP contribution >= 0.6 is 0 Å². The molecule has 3 heteroatoms. The van der Waals surface area contributed by atoms with Crippen molar-refractivity contribution in [2.75, 3.05) is 0 Å². The second-order valence-electron chi connectivity index (χ2n) is 23.7. The van der Waals surface area contributed by atoms with Gasteiger partial charge >= 0.3 is 6.18 Å². The van der Waals surface area contributed by atoms with Crippen molar-refractivity contribution in [3.63, 3.8) is 0 Å². The average Bonchev–Trinajstić information content (AvgIpc) is 1.70. The number of rotatable bonds is 3. The summed E-state index contributed by atoms with van der Waals surface area (Å²) in [6.07, 6.45) is 1.17. The Bertz CT molecular complexity index is 3490. The Morgan fingerprint density at radius 3 is 1.24 bits per heavy atom. The Kier molecular flexibility index (Phi) is 21.4. The van der Waals surface area contributed by atoms with Crippen molar-refractivity contribution in [3.8, 4) is 22.3 Å². The highest BCUT2D eigenvalue weighted by molar-refractivity contribution is 5.88. The Morgan fingerprint density at radius 2 is 0.759 bits per heavy atom. The standard InChI is InChI=1S/C32H24.C11H14.C11H16.C10H14.C8H7F3.C8H10/c1-23-16-18-24(19-17-23)25-20-21-29-28-14-8-9-15-30(28)32(31(29)22-25,26-10-4-2-5-11-26)27-12-6-3-7-13-27;1-9-5-4-7-10-6-2-3-8-11(9)10;1-9-5-7-10(8-6-9)11(2,3)4;1-7-5-8(2)10(4)9(3)6-7;1-6-2-4-7(5-3-6)8(9,10)11;1-7-3-5-8(2)6-4-7/h2-22H,1H3;4-5,7H,2-3,6,8H2,1H3;5-8H,1-4H3;5-6H,1-4H3;2-5H,1H3;3-6H,1-2H3. The molecule has 10 aromatic carbocycles. The highest BCUT2D eigenvalue weighted by Crippen LogP contribution is 2.56. The molecule has 0 fully saturated rings. The summed E-state index contributed by atoms with van der Waals surface area (Å²) >= 11 is 0. The molecule has 0 nitrogen and oxygen atoms in total. The van der Waals surface area contributed by atoms with E-state index in [0.717, 1.165) is 17.7 Å². The van der Waals surface area contributed by atoms with Crippen molar-refractivity contribution in [1.29, 1.82) is 0 Å². The fourth-order valence-corrected chi connectivity index (χ4v) is 11.0. The van der Waals surface area contributed by atoms with Crippen molar-refractivity contribution < 1.29 is 13.2 Å². The molecule has 83 heavy (non-hydrogen) atoms. The van der Waals surface area contributed by atoms with Crippen LogP contribution in [-0.4, -0.2) is 0 Å². The maximum atomic E-state index is 11.9. The van der Waals surface area contributed by atoms with Crippen LogP contribution in [0.5, 0.6) is 0 Å². The van der Waals surface area contributed by atoms with Gasteiger partial charge in [-0.05, 0) is 202 Å². The van der Waals surface area contributed by atoms with Crippen molar-refractivity contribution >= 4 is 0 Å². The Labute approximate surface area is 496 Å². The molecule has 2 aliphatic carbocycles. The van der Waals surface area contributed by atoms with Gasteiger partial charge in [0.25, 0.3) is 0 Å². The largest absolute Gasteiger partial charge is 0.416 e. The van der Waals surface area contributed by atoms with Gasteiger partial charge in [0.15, 0.2) is 0 Å². The highest BCUT2D eigenvalue weighted by Gasteiger charge is 2.46. The monoisotopic (exact) mass is 1100 g/mol. The summed E-state index contributed by atoms with van der Waals surface area (Å²) in [7, 11) is 0. The molecule has 12 rings (SSSR count). The molecule has 0 heterocycles. The van der Waals surface area contributed by atoms with Gasteiger partial charge in [-0.25, -0.2) is 0 Å². The first-order valence-corrected chi connectivity index (χ1v) is 29.3. The van der Waals surface area contributed by atoms with E-state index in [9.17, 15) is 13.2 Å². The lowest BCUT2D eigenvalue weighted by Crippen LogP contribution is -2.28. The normalized spacial score (nSPS) is 12.5. The minimum absolute atomic E-state index is 0.285. The molecule has 2 aliphatic rings. The van der Waals surface area contributed by atoms with Crippen LogP contribution in [0.15, 0.2) is 231 Å². The van der Waals surface area contributed by atoms with E-state index in [2.05, 4.69) is 289 Å². The third kappa shape index (κ3) is 16.4. The molecular weight excluding hydrogens is 1020 g/mol. The second-order valence-corrected chi connectivity index (χ2v) is 23.7. The molecule has 0 N–H and O–H groups in total. The van der Waals surface area contributed by atoms with Gasteiger partial charge in [0.05, 0.1) is 11.0 Å². The van der Waals surface area contributed by atoms with Gasteiger partial charge in [-0.3, -0.25) is 0 Å². The molecular formula is C80H85F3. The topological polar surface area (TPSA) is 0 Å². The summed E-state index contributed by atoms with van der Waals surface area (Å²) in [5, 5.41) is 0. The van der Waals surface area contributed by atoms with E-state index in [-0.39, 0.29) is 10.8 Å². The van der Waals surface area contributed by atoms with Crippen LogP contribution < -0.4 is 0 Å². The van der Waals surface area contributed by atoms with E-state index < -0.39 is 11.7 Å². The molecule has 0 unspecified atom stereocenters. The lowest BCUT2D eigenvalue weighted by atomic mass is 9.67. The summed E-state index contributed by atoms with van der Waals surface area (Å²) in [5.41, 5.74) is 27.6. The van der Waals surface area contributed by atoms with E-state index in [1.807, 2.05) is 0 Å².